The smallest absolute Gasteiger partial charge is 0.299 e. The highest BCUT2D eigenvalue weighted by Crippen LogP contribution is 2.51. The zero-order chi connectivity index (χ0) is 19.3. The lowest BCUT2D eigenvalue weighted by Gasteiger charge is -2.28. The first-order valence-corrected chi connectivity index (χ1v) is 8.20. The van der Waals surface area contributed by atoms with E-state index in [0.717, 1.165) is 0 Å². The van der Waals surface area contributed by atoms with Crippen molar-refractivity contribution in [2.45, 2.75) is 0 Å². The predicted molar refractivity (Wildman–Crippen MR) is 97.6 cm³/mol. The number of ketones is 1. The van der Waals surface area contributed by atoms with Crippen LogP contribution in [0.4, 0.5) is 0 Å². The lowest BCUT2D eigenvalue weighted by molar-refractivity contribution is -0.122. The average molecular weight is 367 g/mol. The minimum absolute atomic E-state index is 0.277. The van der Waals surface area contributed by atoms with Crippen molar-refractivity contribution >= 4 is 23.5 Å². The van der Waals surface area contributed by atoms with E-state index in [9.17, 15) is 9.59 Å². The third kappa shape index (κ3) is 2.28. The first kappa shape index (κ1) is 17.0. The third-order valence-corrected chi connectivity index (χ3v) is 4.73. The maximum absolute atomic E-state index is 12.5. The van der Waals surface area contributed by atoms with Gasteiger partial charge in [-0.15, -0.1) is 0 Å². The summed E-state index contributed by atoms with van der Waals surface area (Å²) in [5.74, 6) is 0.915. The Bertz CT molecular complexity index is 1020. The number of ether oxygens (including phenoxy) is 4. The molecule has 7 nitrogen and oxygen atoms in total. The minimum atomic E-state index is -0.603. The maximum atomic E-state index is 12.5. The van der Waals surface area contributed by atoms with Crippen LogP contribution in [0.5, 0.6) is 28.7 Å². The molecule has 0 saturated carbocycles. The van der Waals surface area contributed by atoms with Gasteiger partial charge in [-0.05, 0) is 30.3 Å². The normalized spacial score (nSPS) is 14.5. The molecular formula is C20H17NO6. The number of rotatable bonds is 3. The third-order valence-electron chi connectivity index (χ3n) is 4.73. The van der Waals surface area contributed by atoms with Crippen molar-refractivity contribution in [1.82, 2.24) is 4.90 Å². The highest BCUT2D eigenvalue weighted by Gasteiger charge is 2.38. The molecule has 27 heavy (non-hydrogen) atoms. The van der Waals surface area contributed by atoms with Gasteiger partial charge in [-0.1, -0.05) is 0 Å². The number of hydrogen-bond acceptors (Lipinski definition) is 6. The van der Waals surface area contributed by atoms with E-state index in [4.69, 9.17) is 18.9 Å². The Kier molecular flexibility index (Phi) is 3.80. The summed E-state index contributed by atoms with van der Waals surface area (Å²) in [5, 5.41) is 0. The molecule has 0 unspecified atom stereocenters. The molecule has 0 fully saturated rings. The number of amides is 1. The Morgan fingerprint density at radius 1 is 0.889 bits per heavy atom. The highest BCUT2D eigenvalue weighted by molar-refractivity contribution is 6.46. The van der Waals surface area contributed by atoms with Crippen molar-refractivity contribution in [3.63, 3.8) is 0 Å². The number of likely N-dealkylation sites (N-methyl/N-ethyl adjacent to an activating group) is 1. The second kappa shape index (κ2) is 6.05. The Morgan fingerprint density at radius 2 is 1.59 bits per heavy atom. The minimum Gasteiger partial charge on any atom is -0.493 e. The van der Waals surface area contributed by atoms with E-state index in [0.29, 0.717) is 45.6 Å². The quantitative estimate of drug-likeness (QED) is 0.777. The summed E-state index contributed by atoms with van der Waals surface area (Å²) >= 11 is 0. The van der Waals surface area contributed by atoms with Gasteiger partial charge in [0.1, 0.15) is 0 Å². The van der Waals surface area contributed by atoms with E-state index in [1.54, 1.807) is 37.4 Å². The van der Waals surface area contributed by atoms with E-state index >= 15 is 0 Å². The van der Waals surface area contributed by atoms with Crippen LogP contribution in [0.25, 0.3) is 11.8 Å². The first-order valence-electron chi connectivity index (χ1n) is 8.20. The van der Waals surface area contributed by atoms with Gasteiger partial charge in [0.25, 0.3) is 11.7 Å². The topological polar surface area (TPSA) is 74.3 Å². The molecule has 0 aromatic heterocycles. The molecule has 2 heterocycles. The van der Waals surface area contributed by atoms with Gasteiger partial charge in [-0.3, -0.25) is 9.59 Å². The zero-order valence-electron chi connectivity index (χ0n) is 15.3. The largest absolute Gasteiger partial charge is 0.493 e. The van der Waals surface area contributed by atoms with Crippen LogP contribution in [0.2, 0.25) is 0 Å². The van der Waals surface area contributed by atoms with Crippen LogP contribution >= 0.6 is 0 Å². The molecule has 2 aromatic rings. The summed E-state index contributed by atoms with van der Waals surface area (Å²) in [6.07, 6.45) is 1.79. The Labute approximate surface area is 155 Å². The van der Waals surface area contributed by atoms with Gasteiger partial charge in [-0.2, -0.15) is 0 Å². The van der Waals surface area contributed by atoms with Gasteiger partial charge in [0.2, 0.25) is 5.75 Å². The van der Waals surface area contributed by atoms with Crippen molar-refractivity contribution in [2.75, 3.05) is 28.4 Å². The van der Waals surface area contributed by atoms with Crippen LogP contribution < -0.4 is 18.9 Å². The lowest BCUT2D eigenvalue weighted by atomic mass is 9.93. The molecule has 2 aliphatic rings. The van der Waals surface area contributed by atoms with Crippen molar-refractivity contribution in [2.24, 2.45) is 0 Å². The summed E-state index contributed by atoms with van der Waals surface area (Å²) in [5.41, 5.74) is 2.02. The Balaban J connectivity index is 2.10. The number of fused-ring (bicyclic) bond motifs is 1. The van der Waals surface area contributed by atoms with Crippen molar-refractivity contribution < 1.29 is 28.5 Å². The summed E-state index contributed by atoms with van der Waals surface area (Å²) in [6.45, 7) is 0. The fraction of sp³-hybridized carbons (Fsp3) is 0.200. The van der Waals surface area contributed by atoms with Crippen LogP contribution in [-0.4, -0.2) is 45.0 Å². The van der Waals surface area contributed by atoms with E-state index in [1.165, 1.54) is 26.2 Å². The molecule has 0 spiro atoms. The highest BCUT2D eigenvalue weighted by atomic mass is 16.5. The molecule has 2 aliphatic heterocycles. The number of benzene rings is 2. The number of methoxy groups -OCH3 is 3. The summed E-state index contributed by atoms with van der Waals surface area (Å²) < 4.78 is 22.5. The van der Waals surface area contributed by atoms with Crippen molar-refractivity contribution in [3.8, 4) is 28.7 Å². The standard InChI is InChI=1S/C20H17NO6/c1-21-12-9-10-5-7-14(25-3)19(26-4)17(10)27-18-13(24-2)8-6-11(15(12)18)16(22)20(21)23/h5-9H,1-4H3. The van der Waals surface area contributed by atoms with Crippen molar-refractivity contribution in [3.05, 3.63) is 41.0 Å². The number of nitrogens with zero attached hydrogens (tertiary/aromatic N) is 1. The molecule has 138 valence electrons. The molecule has 1 amide bonds. The second-order valence-electron chi connectivity index (χ2n) is 6.06. The van der Waals surface area contributed by atoms with Crippen LogP contribution in [0.3, 0.4) is 0 Å². The fourth-order valence-corrected chi connectivity index (χ4v) is 3.36. The van der Waals surface area contributed by atoms with E-state index < -0.39 is 11.7 Å². The van der Waals surface area contributed by atoms with E-state index in [2.05, 4.69) is 0 Å². The number of hydrogen-bond donors (Lipinski definition) is 0. The summed E-state index contributed by atoms with van der Waals surface area (Å²) in [6, 6.07) is 6.74. The SMILES string of the molecule is COc1ccc2c(c1OC)Oc1c(OC)ccc3c1C(=C2)N(C)C(=O)C3=O. The molecule has 0 bridgehead atoms. The molecule has 0 atom stereocenters. The van der Waals surface area contributed by atoms with Gasteiger partial charge in [0, 0.05) is 18.2 Å². The molecule has 2 aromatic carbocycles. The number of carbonyl (C=O) groups excluding carboxylic acids is 2. The van der Waals surface area contributed by atoms with Crippen LogP contribution in [0.15, 0.2) is 24.3 Å². The molecule has 0 aliphatic carbocycles. The molecule has 0 N–H and O–H groups in total. The molecule has 0 radical (unpaired) electrons. The number of Topliss-reactive ketones (excluding diaryl/α,β-unsaturated/α-hetero) is 1. The average Bonchev–Trinajstić information content (AvgIpc) is 2.87. The van der Waals surface area contributed by atoms with Crippen molar-refractivity contribution in [1.29, 1.82) is 0 Å². The number of carbonyl (C=O) groups is 2. The molecular weight excluding hydrogens is 350 g/mol. The Hall–Kier alpha value is -3.48. The van der Waals surface area contributed by atoms with Crippen LogP contribution in [-0.2, 0) is 4.79 Å². The maximum Gasteiger partial charge on any atom is 0.299 e. The molecule has 7 heteroatoms. The van der Waals surface area contributed by atoms with E-state index in [-0.39, 0.29) is 5.56 Å². The molecule has 0 saturated heterocycles. The fourth-order valence-electron chi connectivity index (χ4n) is 3.36. The zero-order valence-corrected chi connectivity index (χ0v) is 15.3. The van der Waals surface area contributed by atoms with Gasteiger partial charge >= 0.3 is 0 Å². The van der Waals surface area contributed by atoms with Gasteiger partial charge in [-0.25, -0.2) is 0 Å². The summed E-state index contributed by atoms with van der Waals surface area (Å²) in [7, 11) is 6.13. The van der Waals surface area contributed by atoms with Gasteiger partial charge in [0.05, 0.1) is 32.6 Å². The van der Waals surface area contributed by atoms with Crippen LogP contribution in [0, 0.1) is 0 Å². The molecule has 4 rings (SSSR count). The van der Waals surface area contributed by atoms with E-state index in [1.807, 2.05) is 0 Å². The van der Waals surface area contributed by atoms with Gasteiger partial charge < -0.3 is 23.8 Å². The monoisotopic (exact) mass is 367 g/mol. The summed E-state index contributed by atoms with van der Waals surface area (Å²) in [4.78, 5) is 26.2. The van der Waals surface area contributed by atoms with Gasteiger partial charge in [0.15, 0.2) is 23.0 Å². The Morgan fingerprint density at radius 3 is 2.26 bits per heavy atom. The predicted octanol–water partition coefficient (Wildman–Crippen LogP) is 2.97. The lowest BCUT2D eigenvalue weighted by Crippen LogP contribution is -2.37. The first-order chi connectivity index (χ1) is 13.0. The van der Waals surface area contributed by atoms with Crippen LogP contribution in [0.1, 0.15) is 21.5 Å². The second-order valence-corrected chi connectivity index (χ2v) is 6.06.